The second-order valence-corrected chi connectivity index (χ2v) is 8.24. The number of hydrogen-bond acceptors (Lipinski definition) is 4. The van der Waals surface area contributed by atoms with E-state index in [1.54, 1.807) is 9.13 Å². The van der Waals surface area contributed by atoms with E-state index in [9.17, 15) is 9.59 Å². The molecule has 1 N–H and O–H groups in total. The van der Waals surface area contributed by atoms with Crippen LogP contribution in [0.25, 0.3) is 11.0 Å². The predicted molar refractivity (Wildman–Crippen MR) is 123 cm³/mol. The van der Waals surface area contributed by atoms with Crippen LogP contribution >= 0.6 is 0 Å². The van der Waals surface area contributed by atoms with Crippen molar-refractivity contribution in [3.05, 3.63) is 70.6 Å². The van der Waals surface area contributed by atoms with Crippen molar-refractivity contribution in [3.63, 3.8) is 0 Å². The molecule has 1 fully saturated rings. The molecule has 1 atom stereocenters. The first-order valence-electron chi connectivity index (χ1n) is 11.0. The van der Waals surface area contributed by atoms with Gasteiger partial charge in [0.2, 0.25) is 5.91 Å². The number of carbonyl (C=O) groups excluding carboxylic acids is 1. The van der Waals surface area contributed by atoms with Gasteiger partial charge in [0.05, 0.1) is 17.1 Å². The Balaban J connectivity index is 1.54. The van der Waals surface area contributed by atoms with Gasteiger partial charge in [-0.05, 0) is 31.7 Å². The number of nitrogens with one attached hydrogen (secondary N) is 1. The van der Waals surface area contributed by atoms with Crippen LogP contribution in [0.4, 0.5) is 0 Å². The van der Waals surface area contributed by atoms with Crippen molar-refractivity contribution in [3.8, 4) is 0 Å². The van der Waals surface area contributed by atoms with E-state index >= 15 is 0 Å². The van der Waals surface area contributed by atoms with Crippen LogP contribution in [0.2, 0.25) is 0 Å². The summed E-state index contributed by atoms with van der Waals surface area (Å²) in [6.45, 7) is 7.32. The van der Waals surface area contributed by atoms with Gasteiger partial charge in [-0.3, -0.25) is 18.8 Å². The number of fused-ring (bicyclic) bond motifs is 1. The average molecular weight is 422 g/mol. The first kappa shape index (κ1) is 21.3. The molecule has 0 bridgehead atoms. The number of hydrogen-bond donors (Lipinski definition) is 1. The minimum absolute atomic E-state index is 0.0123. The Kier molecular flexibility index (Phi) is 6.53. The topological polar surface area (TPSA) is 62.5 Å². The number of rotatable bonds is 7. The van der Waals surface area contributed by atoms with Gasteiger partial charge in [0.15, 0.2) is 0 Å². The lowest BCUT2D eigenvalue weighted by Gasteiger charge is -2.35. The lowest BCUT2D eigenvalue weighted by Crippen LogP contribution is -2.48. The first-order chi connectivity index (χ1) is 15.1. The summed E-state index contributed by atoms with van der Waals surface area (Å²) in [5.74, 6) is -0.149. The molecule has 1 aliphatic rings. The molecule has 7 nitrogen and oxygen atoms in total. The SMILES string of the molecule is CCn1c(=O)n(CC(=O)NC(CN2CCN(C)CC2)c2ccccc2)c2ccccc21. The van der Waals surface area contributed by atoms with Gasteiger partial charge in [0.1, 0.15) is 6.54 Å². The monoisotopic (exact) mass is 421 g/mol. The fraction of sp³-hybridized carbons (Fsp3) is 0.417. The van der Waals surface area contributed by atoms with Gasteiger partial charge in [-0.15, -0.1) is 0 Å². The Morgan fingerprint density at radius 2 is 1.55 bits per heavy atom. The molecular weight excluding hydrogens is 390 g/mol. The van der Waals surface area contributed by atoms with Gasteiger partial charge in [-0.25, -0.2) is 4.79 Å². The summed E-state index contributed by atoms with van der Waals surface area (Å²) in [5, 5.41) is 3.20. The molecule has 0 saturated carbocycles. The molecule has 31 heavy (non-hydrogen) atoms. The fourth-order valence-corrected chi connectivity index (χ4v) is 4.32. The Hall–Kier alpha value is -2.90. The van der Waals surface area contributed by atoms with Gasteiger partial charge in [-0.1, -0.05) is 42.5 Å². The molecule has 4 rings (SSSR count). The van der Waals surface area contributed by atoms with E-state index in [0.717, 1.165) is 49.3 Å². The summed E-state index contributed by atoms with van der Waals surface area (Å²) in [5.41, 5.74) is 2.59. The third-order valence-electron chi connectivity index (χ3n) is 6.12. The van der Waals surface area contributed by atoms with Crippen LogP contribution < -0.4 is 11.0 Å². The predicted octanol–water partition coefficient (Wildman–Crippen LogP) is 1.93. The van der Waals surface area contributed by atoms with Crippen molar-refractivity contribution >= 4 is 16.9 Å². The zero-order chi connectivity index (χ0) is 21.8. The summed E-state index contributed by atoms with van der Waals surface area (Å²) >= 11 is 0. The molecule has 0 aliphatic carbocycles. The minimum Gasteiger partial charge on any atom is -0.346 e. The lowest BCUT2D eigenvalue weighted by molar-refractivity contribution is -0.122. The first-order valence-corrected chi connectivity index (χ1v) is 11.0. The van der Waals surface area contributed by atoms with Crippen LogP contribution in [-0.2, 0) is 17.9 Å². The van der Waals surface area contributed by atoms with Crippen molar-refractivity contribution in [1.29, 1.82) is 0 Å². The number of para-hydroxylation sites is 2. The highest BCUT2D eigenvalue weighted by Gasteiger charge is 2.22. The number of benzene rings is 2. The molecule has 0 radical (unpaired) electrons. The molecular formula is C24H31N5O2. The van der Waals surface area contributed by atoms with Crippen molar-refractivity contribution < 1.29 is 4.79 Å². The van der Waals surface area contributed by atoms with E-state index in [0.29, 0.717) is 6.54 Å². The third-order valence-corrected chi connectivity index (χ3v) is 6.12. The molecule has 1 aromatic heterocycles. The third kappa shape index (κ3) is 4.73. The minimum atomic E-state index is -0.149. The summed E-state index contributed by atoms with van der Waals surface area (Å²) in [4.78, 5) is 30.7. The van der Waals surface area contributed by atoms with E-state index in [-0.39, 0.29) is 24.2 Å². The van der Waals surface area contributed by atoms with Crippen LogP contribution in [0.1, 0.15) is 18.5 Å². The standard InChI is InChI=1S/C24H31N5O2/c1-3-28-21-11-7-8-12-22(21)29(24(28)31)18-23(30)25-20(19-9-5-4-6-10-19)17-27-15-13-26(2)14-16-27/h4-12,20H,3,13-18H2,1-2H3,(H,25,30). The molecule has 0 spiro atoms. The molecule has 1 aliphatic heterocycles. The normalized spacial score (nSPS) is 16.5. The molecule has 3 aromatic rings. The van der Waals surface area contributed by atoms with E-state index in [4.69, 9.17) is 0 Å². The fourth-order valence-electron chi connectivity index (χ4n) is 4.32. The number of nitrogens with zero attached hydrogens (tertiary/aromatic N) is 4. The largest absolute Gasteiger partial charge is 0.346 e. The summed E-state index contributed by atoms with van der Waals surface area (Å²) < 4.78 is 3.29. The molecule has 2 aromatic carbocycles. The zero-order valence-corrected chi connectivity index (χ0v) is 18.3. The van der Waals surface area contributed by atoms with Gasteiger partial charge in [0, 0.05) is 39.3 Å². The van der Waals surface area contributed by atoms with Crippen LogP contribution in [-0.4, -0.2) is 64.6 Å². The average Bonchev–Trinajstić information content (AvgIpc) is 3.06. The molecule has 164 valence electrons. The highest BCUT2D eigenvalue weighted by Crippen LogP contribution is 2.17. The number of amides is 1. The second-order valence-electron chi connectivity index (χ2n) is 8.24. The summed E-state index contributed by atoms with van der Waals surface area (Å²) in [7, 11) is 2.14. The van der Waals surface area contributed by atoms with Crippen molar-refractivity contribution in [2.75, 3.05) is 39.8 Å². The maximum atomic E-state index is 13.1. The number of likely N-dealkylation sites (N-methyl/N-ethyl adjacent to an activating group) is 1. The number of carbonyl (C=O) groups is 1. The zero-order valence-electron chi connectivity index (χ0n) is 18.3. The van der Waals surface area contributed by atoms with Crippen LogP contribution in [0, 0.1) is 0 Å². The van der Waals surface area contributed by atoms with Crippen LogP contribution in [0.5, 0.6) is 0 Å². The Labute approximate surface area is 182 Å². The van der Waals surface area contributed by atoms with Gasteiger partial charge in [-0.2, -0.15) is 0 Å². The van der Waals surface area contributed by atoms with Gasteiger partial charge < -0.3 is 10.2 Å². The Morgan fingerprint density at radius 1 is 0.935 bits per heavy atom. The van der Waals surface area contributed by atoms with Gasteiger partial charge >= 0.3 is 5.69 Å². The van der Waals surface area contributed by atoms with E-state index in [2.05, 4.69) is 34.3 Å². The Morgan fingerprint density at radius 3 is 2.19 bits per heavy atom. The molecule has 1 saturated heterocycles. The maximum absolute atomic E-state index is 13.1. The Bertz CT molecular complexity index is 1080. The van der Waals surface area contributed by atoms with Gasteiger partial charge in [0.25, 0.3) is 0 Å². The maximum Gasteiger partial charge on any atom is 0.329 e. The van der Waals surface area contributed by atoms with Crippen molar-refractivity contribution in [2.45, 2.75) is 26.1 Å². The number of aryl methyl sites for hydroxylation is 1. The van der Waals surface area contributed by atoms with E-state index in [1.807, 2.05) is 49.4 Å². The molecule has 1 amide bonds. The van der Waals surface area contributed by atoms with Crippen LogP contribution in [0.3, 0.4) is 0 Å². The van der Waals surface area contributed by atoms with Crippen LogP contribution in [0.15, 0.2) is 59.4 Å². The number of imidazole rings is 1. The molecule has 2 heterocycles. The number of piperazine rings is 1. The smallest absolute Gasteiger partial charge is 0.329 e. The van der Waals surface area contributed by atoms with Crippen molar-refractivity contribution in [1.82, 2.24) is 24.3 Å². The number of aromatic nitrogens is 2. The highest BCUT2D eigenvalue weighted by molar-refractivity contribution is 5.81. The highest BCUT2D eigenvalue weighted by atomic mass is 16.2. The summed E-state index contributed by atoms with van der Waals surface area (Å²) in [6.07, 6.45) is 0. The van der Waals surface area contributed by atoms with E-state index < -0.39 is 0 Å². The molecule has 1 unspecified atom stereocenters. The lowest BCUT2D eigenvalue weighted by atomic mass is 10.1. The van der Waals surface area contributed by atoms with E-state index in [1.165, 1.54) is 0 Å². The van der Waals surface area contributed by atoms with Crippen molar-refractivity contribution in [2.24, 2.45) is 0 Å². The quantitative estimate of drug-likeness (QED) is 0.633. The summed E-state index contributed by atoms with van der Waals surface area (Å²) in [6, 6.07) is 17.6. The second kappa shape index (κ2) is 9.49. The molecule has 7 heteroatoms.